The number of aromatic nitrogens is 2. The largest absolute Gasteiger partial charge is 0.354 e. The Hall–Kier alpha value is -2.47. The number of amides is 1. The summed E-state index contributed by atoms with van der Waals surface area (Å²) in [6.07, 6.45) is 4.12. The number of carbonyl (C=O) groups is 1. The third-order valence-corrected chi connectivity index (χ3v) is 5.73. The van der Waals surface area contributed by atoms with Crippen LogP contribution in [-0.4, -0.2) is 30.0 Å². The molecule has 6 heteroatoms. The molecule has 2 aromatic heterocycles. The number of nitrogens with zero attached hydrogens (tertiary/aromatic N) is 3. The Kier molecular flexibility index (Phi) is 3.69. The van der Waals surface area contributed by atoms with Gasteiger partial charge < -0.3 is 10.2 Å². The number of rotatable bonds is 2. The first-order valence-corrected chi connectivity index (χ1v) is 8.71. The SMILES string of the molecule is CN(C)c1nc2c(s1)C(c1cccc3cnccc13)CC(=O)NC2. The Balaban J connectivity index is 1.91. The maximum atomic E-state index is 12.2. The van der Waals surface area contributed by atoms with E-state index >= 15 is 0 Å². The molecular formula is C18H18N4OS. The summed E-state index contributed by atoms with van der Waals surface area (Å²) in [5.74, 6) is 0.0995. The summed E-state index contributed by atoms with van der Waals surface area (Å²) in [6, 6.07) is 8.24. The Morgan fingerprint density at radius 1 is 1.29 bits per heavy atom. The van der Waals surface area contributed by atoms with Crippen LogP contribution in [0.5, 0.6) is 0 Å². The highest BCUT2D eigenvalue weighted by molar-refractivity contribution is 7.15. The molecule has 0 saturated heterocycles. The lowest BCUT2D eigenvalue weighted by atomic mass is 9.90. The second kappa shape index (κ2) is 5.87. The molecule has 0 fully saturated rings. The van der Waals surface area contributed by atoms with Crippen molar-refractivity contribution < 1.29 is 4.79 Å². The van der Waals surface area contributed by atoms with Crippen molar-refractivity contribution in [3.8, 4) is 0 Å². The summed E-state index contributed by atoms with van der Waals surface area (Å²) in [7, 11) is 3.99. The number of carbonyl (C=O) groups excluding carboxylic acids is 1. The Morgan fingerprint density at radius 2 is 2.17 bits per heavy atom. The molecule has 0 saturated carbocycles. The van der Waals surface area contributed by atoms with Crippen molar-refractivity contribution in [1.29, 1.82) is 0 Å². The van der Waals surface area contributed by atoms with E-state index in [0.29, 0.717) is 13.0 Å². The highest BCUT2D eigenvalue weighted by Gasteiger charge is 2.29. The molecule has 24 heavy (non-hydrogen) atoms. The first kappa shape index (κ1) is 15.1. The van der Waals surface area contributed by atoms with Crippen molar-refractivity contribution in [2.75, 3.05) is 19.0 Å². The average molecular weight is 338 g/mol. The number of fused-ring (bicyclic) bond motifs is 2. The van der Waals surface area contributed by atoms with Crippen molar-refractivity contribution >= 4 is 33.1 Å². The van der Waals surface area contributed by atoms with Crippen molar-refractivity contribution in [1.82, 2.24) is 15.3 Å². The van der Waals surface area contributed by atoms with Crippen LogP contribution in [0, 0.1) is 0 Å². The van der Waals surface area contributed by atoms with Gasteiger partial charge in [0, 0.05) is 49.1 Å². The van der Waals surface area contributed by atoms with Gasteiger partial charge in [0.05, 0.1) is 12.2 Å². The molecule has 122 valence electrons. The van der Waals surface area contributed by atoms with Crippen molar-refractivity contribution in [3.05, 3.63) is 52.8 Å². The van der Waals surface area contributed by atoms with E-state index in [0.717, 1.165) is 21.6 Å². The zero-order chi connectivity index (χ0) is 16.7. The molecule has 3 heterocycles. The van der Waals surface area contributed by atoms with Gasteiger partial charge in [-0.15, -0.1) is 11.3 Å². The summed E-state index contributed by atoms with van der Waals surface area (Å²) in [4.78, 5) is 24.4. The molecule has 1 N–H and O–H groups in total. The third kappa shape index (κ3) is 2.53. The quantitative estimate of drug-likeness (QED) is 0.780. The summed E-state index contributed by atoms with van der Waals surface area (Å²) in [5, 5.41) is 6.20. The molecular weight excluding hydrogens is 320 g/mol. The highest BCUT2D eigenvalue weighted by atomic mass is 32.1. The Morgan fingerprint density at radius 3 is 3.00 bits per heavy atom. The molecule has 1 aliphatic rings. The van der Waals surface area contributed by atoms with Gasteiger partial charge in [-0.3, -0.25) is 9.78 Å². The number of hydrogen-bond donors (Lipinski definition) is 1. The van der Waals surface area contributed by atoms with Gasteiger partial charge in [0.25, 0.3) is 0 Å². The number of thiazole rings is 1. The molecule has 1 aliphatic heterocycles. The van der Waals surface area contributed by atoms with Crippen molar-refractivity contribution in [3.63, 3.8) is 0 Å². The molecule has 5 nitrogen and oxygen atoms in total. The van der Waals surface area contributed by atoms with Crippen molar-refractivity contribution in [2.45, 2.75) is 18.9 Å². The van der Waals surface area contributed by atoms with Gasteiger partial charge in [0.15, 0.2) is 5.13 Å². The first-order valence-electron chi connectivity index (χ1n) is 7.89. The molecule has 0 spiro atoms. The van der Waals surface area contributed by atoms with Crippen LogP contribution in [0.2, 0.25) is 0 Å². The maximum absolute atomic E-state index is 12.2. The van der Waals surface area contributed by atoms with Crippen molar-refractivity contribution in [2.24, 2.45) is 0 Å². The van der Waals surface area contributed by atoms with E-state index in [1.165, 1.54) is 10.4 Å². The highest BCUT2D eigenvalue weighted by Crippen LogP contribution is 2.40. The van der Waals surface area contributed by atoms with Gasteiger partial charge >= 0.3 is 0 Å². The Bertz CT molecular complexity index is 913. The number of nitrogens with one attached hydrogen (secondary N) is 1. The van der Waals surface area contributed by atoms with E-state index < -0.39 is 0 Å². The lowest BCUT2D eigenvalue weighted by molar-refractivity contribution is -0.121. The predicted molar refractivity (Wildman–Crippen MR) is 96.5 cm³/mol. The first-order chi connectivity index (χ1) is 11.6. The van der Waals surface area contributed by atoms with Gasteiger partial charge in [0.2, 0.25) is 5.91 Å². The zero-order valence-electron chi connectivity index (χ0n) is 13.6. The summed E-state index contributed by atoms with van der Waals surface area (Å²) in [6.45, 7) is 0.501. The number of anilines is 1. The summed E-state index contributed by atoms with van der Waals surface area (Å²) in [5.41, 5.74) is 2.15. The minimum Gasteiger partial charge on any atom is -0.354 e. The maximum Gasteiger partial charge on any atom is 0.221 e. The molecule has 1 atom stereocenters. The van der Waals surface area contributed by atoms with Gasteiger partial charge in [-0.2, -0.15) is 0 Å². The predicted octanol–water partition coefficient (Wildman–Crippen LogP) is 2.91. The van der Waals surface area contributed by atoms with Crippen LogP contribution in [0.25, 0.3) is 10.8 Å². The topological polar surface area (TPSA) is 58.1 Å². The second-order valence-electron chi connectivity index (χ2n) is 6.18. The van der Waals surface area contributed by atoms with Gasteiger partial charge in [-0.25, -0.2) is 4.98 Å². The van der Waals surface area contributed by atoms with Gasteiger partial charge in [-0.1, -0.05) is 18.2 Å². The zero-order valence-corrected chi connectivity index (χ0v) is 14.4. The van der Waals surface area contributed by atoms with E-state index in [1.807, 2.05) is 37.3 Å². The van der Waals surface area contributed by atoms with E-state index in [1.54, 1.807) is 17.5 Å². The smallest absolute Gasteiger partial charge is 0.221 e. The fourth-order valence-corrected chi connectivity index (χ4v) is 4.30. The molecule has 1 unspecified atom stereocenters. The lowest BCUT2D eigenvalue weighted by Crippen LogP contribution is -2.21. The minimum absolute atomic E-state index is 0.0276. The molecule has 1 aromatic carbocycles. The van der Waals surface area contributed by atoms with Gasteiger partial charge in [0.1, 0.15) is 0 Å². The van der Waals surface area contributed by atoms with E-state index in [2.05, 4.69) is 22.4 Å². The van der Waals surface area contributed by atoms with Gasteiger partial charge in [-0.05, 0) is 17.0 Å². The van der Waals surface area contributed by atoms with E-state index in [4.69, 9.17) is 4.98 Å². The standard InChI is InChI=1S/C18H18N4OS/c1-22(2)18-21-15-10-20-16(23)8-14(17(15)24-18)13-5-3-4-11-9-19-7-6-12(11)13/h3-7,9,14H,8,10H2,1-2H3,(H,20,23). The van der Waals surface area contributed by atoms with Crippen LogP contribution < -0.4 is 10.2 Å². The monoisotopic (exact) mass is 338 g/mol. The van der Waals surface area contributed by atoms with E-state index in [9.17, 15) is 4.79 Å². The summed E-state index contributed by atoms with van der Waals surface area (Å²) >= 11 is 1.68. The fraction of sp³-hybridized carbons (Fsp3) is 0.278. The molecule has 4 rings (SSSR count). The number of hydrogen-bond acceptors (Lipinski definition) is 5. The molecule has 0 radical (unpaired) electrons. The van der Waals surface area contributed by atoms with E-state index in [-0.39, 0.29) is 11.8 Å². The normalized spacial score (nSPS) is 17.2. The van der Waals surface area contributed by atoms with Crippen LogP contribution >= 0.6 is 11.3 Å². The van der Waals surface area contributed by atoms with Crippen LogP contribution in [0.15, 0.2) is 36.7 Å². The molecule has 0 aliphatic carbocycles. The number of pyridine rings is 1. The Labute approximate surface area is 144 Å². The fourth-order valence-electron chi connectivity index (χ4n) is 3.18. The lowest BCUT2D eigenvalue weighted by Gasteiger charge is -2.16. The van der Waals surface area contributed by atoms with Crippen LogP contribution in [0.3, 0.4) is 0 Å². The molecule has 1 amide bonds. The third-order valence-electron chi connectivity index (χ3n) is 4.35. The molecule has 0 bridgehead atoms. The average Bonchev–Trinajstić information content (AvgIpc) is 2.95. The minimum atomic E-state index is 0.0276. The summed E-state index contributed by atoms with van der Waals surface area (Å²) < 4.78 is 0. The molecule has 3 aromatic rings. The van der Waals surface area contributed by atoms with Crippen LogP contribution in [-0.2, 0) is 11.3 Å². The second-order valence-corrected chi connectivity index (χ2v) is 7.19. The van der Waals surface area contributed by atoms with Crippen LogP contribution in [0.1, 0.15) is 28.5 Å². The number of benzene rings is 1. The van der Waals surface area contributed by atoms with Crippen LogP contribution in [0.4, 0.5) is 5.13 Å².